The molecule has 0 bridgehead atoms. The largest absolute Gasteiger partial charge is 0.352 e. The summed E-state index contributed by atoms with van der Waals surface area (Å²) in [6.45, 7) is 2.46. The first-order chi connectivity index (χ1) is 8.56. The van der Waals surface area contributed by atoms with Gasteiger partial charge in [0.2, 0.25) is 5.91 Å². The van der Waals surface area contributed by atoms with Gasteiger partial charge in [0.1, 0.15) is 0 Å². The molecule has 1 aliphatic heterocycles. The number of carbonyl (C=O) groups excluding carboxylic acids is 2. The molecule has 2 amide bonds. The summed E-state index contributed by atoms with van der Waals surface area (Å²) in [6.07, 6.45) is 1.09. The maximum absolute atomic E-state index is 11.9. The Kier molecular flexibility index (Phi) is 3.62. The van der Waals surface area contributed by atoms with E-state index in [0.29, 0.717) is 18.5 Å². The molecule has 0 fully saturated rings. The monoisotopic (exact) mass is 247 g/mol. The highest BCUT2D eigenvalue weighted by Crippen LogP contribution is 2.23. The van der Waals surface area contributed by atoms with Crippen LogP contribution < -0.4 is 16.4 Å². The van der Waals surface area contributed by atoms with Crippen LogP contribution in [-0.4, -0.2) is 24.4 Å². The molecule has 1 unspecified atom stereocenters. The number of fused-ring (bicyclic) bond motifs is 1. The van der Waals surface area contributed by atoms with Crippen molar-refractivity contribution in [3.63, 3.8) is 0 Å². The predicted octanol–water partition coefficient (Wildman–Crippen LogP) is 0.648. The molecule has 0 aromatic heterocycles. The van der Waals surface area contributed by atoms with E-state index in [2.05, 4.69) is 10.6 Å². The van der Waals surface area contributed by atoms with Gasteiger partial charge in [-0.15, -0.1) is 0 Å². The van der Waals surface area contributed by atoms with Gasteiger partial charge in [-0.1, -0.05) is 0 Å². The smallest absolute Gasteiger partial charge is 0.251 e. The summed E-state index contributed by atoms with van der Waals surface area (Å²) in [5, 5.41) is 5.54. The molecule has 1 aromatic rings. The van der Waals surface area contributed by atoms with Gasteiger partial charge in [0.05, 0.1) is 6.42 Å². The number of rotatable bonds is 4. The van der Waals surface area contributed by atoms with Gasteiger partial charge < -0.3 is 16.4 Å². The van der Waals surface area contributed by atoms with Crippen molar-refractivity contribution < 1.29 is 9.59 Å². The molecule has 1 heterocycles. The Bertz CT molecular complexity index is 483. The van der Waals surface area contributed by atoms with Crippen molar-refractivity contribution in [3.8, 4) is 0 Å². The minimum absolute atomic E-state index is 0.0282. The highest BCUT2D eigenvalue weighted by atomic mass is 16.2. The molecule has 0 saturated carbocycles. The summed E-state index contributed by atoms with van der Waals surface area (Å²) in [4.78, 5) is 23.1. The highest BCUT2D eigenvalue weighted by Gasteiger charge is 2.18. The van der Waals surface area contributed by atoms with Crippen molar-refractivity contribution >= 4 is 17.5 Å². The number of nitrogens with two attached hydrogens (primary N) is 1. The van der Waals surface area contributed by atoms with Crippen LogP contribution in [0.25, 0.3) is 0 Å². The number of benzene rings is 1. The summed E-state index contributed by atoms with van der Waals surface area (Å²) < 4.78 is 0. The van der Waals surface area contributed by atoms with Crippen LogP contribution in [0.3, 0.4) is 0 Å². The molecule has 96 valence electrons. The molecule has 0 radical (unpaired) electrons. The lowest BCUT2D eigenvalue weighted by Gasteiger charge is -2.08. The zero-order chi connectivity index (χ0) is 13.1. The minimum atomic E-state index is -0.127. The average molecular weight is 247 g/mol. The maximum atomic E-state index is 11.9. The van der Waals surface area contributed by atoms with Crippen molar-refractivity contribution in [2.75, 3.05) is 11.9 Å². The van der Waals surface area contributed by atoms with E-state index >= 15 is 0 Å². The molecule has 5 nitrogen and oxygen atoms in total. The first-order valence-electron chi connectivity index (χ1n) is 6.03. The van der Waals surface area contributed by atoms with Gasteiger partial charge in [-0.2, -0.15) is 0 Å². The van der Waals surface area contributed by atoms with Crippen molar-refractivity contribution in [3.05, 3.63) is 29.3 Å². The van der Waals surface area contributed by atoms with Gasteiger partial charge >= 0.3 is 0 Å². The Morgan fingerprint density at radius 3 is 3.06 bits per heavy atom. The topological polar surface area (TPSA) is 84.2 Å². The lowest BCUT2D eigenvalue weighted by molar-refractivity contribution is -0.115. The third-order valence-electron chi connectivity index (χ3n) is 2.88. The van der Waals surface area contributed by atoms with E-state index in [9.17, 15) is 9.59 Å². The van der Waals surface area contributed by atoms with Crippen molar-refractivity contribution in [1.29, 1.82) is 0 Å². The molecule has 18 heavy (non-hydrogen) atoms. The zero-order valence-electron chi connectivity index (χ0n) is 10.3. The Morgan fingerprint density at radius 1 is 1.56 bits per heavy atom. The van der Waals surface area contributed by atoms with E-state index in [1.165, 1.54) is 0 Å². The summed E-state index contributed by atoms with van der Waals surface area (Å²) in [6, 6.07) is 5.31. The third-order valence-corrected chi connectivity index (χ3v) is 2.88. The molecular weight excluding hydrogens is 230 g/mol. The fourth-order valence-corrected chi connectivity index (χ4v) is 1.89. The van der Waals surface area contributed by atoms with E-state index in [4.69, 9.17) is 5.73 Å². The van der Waals surface area contributed by atoms with Gasteiger partial charge in [-0.25, -0.2) is 0 Å². The summed E-state index contributed by atoms with van der Waals surface area (Å²) >= 11 is 0. The standard InChI is InChI=1S/C13H17N3O2/c1-8(14)4-5-15-13(18)9-2-3-11-10(6-9)7-12(17)16-11/h2-3,6,8H,4-5,7,14H2,1H3,(H,15,18)(H,16,17). The number of hydrogen-bond acceptors (Lipinski definition) is 3. The summed E-state index contributed by atoms with van der Waals surface area (Å²) in [5.74, 6) is -0.155. The molecule has 5 heteroatoms. The number of anilines is 1. The molecule has 2 rings (SSSR count). The second-order valence-electron chi connectivity index (χ2n) is 4.62. The van der Waals surface area contributed by atoms with Gasteiger partial charge in [0, 0.05) is 23.8 Å². The van der Waals surface area contributed by atoms with E-state index in [-0.39, 0.29) is 17.9 Å². The van der Waals surface area contributed by atoms with Gasteiger partial charge in [0.15, 0.2) is 0 Å². The fourth-order valence-electron chi connectivity index (χ4n) is 1.89. The Balaban J connectivity index is 1.99. The zero-order valence-corrected chi connectivity index (χ0v) is 10.3. The second-order valence-corrected chi connectivity index (χ2v) is 4.62. The minimum Gasteiger partial charge on any atom is -0.352 e. The van der Waals surface area contributed by atoms with Crippen LogP contribution >= 0.6 is 0 Å². The Morgan fingerprint density at radius 2 is 2.33 bits per heavy atom. The molecule has 0 saturated heterocycles. The van der Waals surface area contributed by atoms with Crippen LogP contribution in [0.15, 0.2) is 18.2 Å². The normalized spacial score (nSPS) is 14.9. The predicted molar refractivity (Wildman–Crippen MR) is 69.4 cm³/mol. The second kappa shape index (κ2) is 5.18. The van der Waals surface area contributed by atoms with Crippen molar-refractivity contribution in [2.45, 2.75) is 25.8 Å². The quantitative estimate of drug-likeness (QED) is 0.730. The van der Waals surface area contributed by atoms with Crippen LogP contribution in [0.5, 0.6) is 0 Å². The third kappa shape index (κ3) is 2.87. The Labute approximate surface area is 106 Å². The molecular formula is C13H17N3O2. The van der Waals surface area contributed by atoms with Crippen LogP contribution in [0.4, 0.5) is 5.69 Å². The first-order valence-corrected chi connectivity index (χ1v) is 6.03. The van der Waals surface area contributed by atoms with Gasteiger partial charge in [0.25, 0.3) is 5.91 Å². The van der Waals surface area contributed by atoms with E-state index < -0.39 is 0 Å². The van der Waals surface area contributed by atoms with E-state index in [0.717, 1.165) is 17.7 Å². The molecule has 0 aliphatic carbocycles. The van der Waals surface area contributed by atoms with Crippen molar-refractivity contribution in [2.24, 2.45) is 5.73 Å². The lowest BCUT2D eigenvalue weighted by atomic mass is 10.1. The van der Waals surface area contributed by atoms with E-state index in [1.807, 2.05) is 6.92 Å². The van der Waals surface area contributed by atoms with Crippen LogP contribution in [0, 0.1) is 0 Å². The Hall–Kier alpha value is -1.88. The lowest BCUT2D eigenvalue weighted by Crippen LogP contribution is -2.28. The van der Waals surface area contributed by atoms with Crippen LogP contribution in [-0.2, 0) is 11.2 Å². The van der Waals surface area contributed by atoms with E-state index in [1.54, 1.807) is 18.2 Å². The first kappa shape index (κ1) is 12.6. The van der Waals surface area contributed by atoms with Crippen molar-refractivity contribution in [1.82, 2.24) is 5.32 Å². The summed E-state index contributed by atoms with van der Waals surface area (Å²) in [5.41, 5.74) is 7.86. The number of nitrogens with one attached hydrogen (secondary N) is 2. The van der Waals surface area contributed by atoms with Gasteiger partial charge in [-0.3, -0.25) is 9.59 Å². The molecule has 1 atom stereocenters. The SMILES string of the molecule is CC(N)CCNC(=O)c1ccc2c(c1)CC(=O)N2. The maximum Gasteiger partial charge on any atom is 0.251 e. The summed E-state index contributed by atoms with van der Waals surface area (Å²) in [7, 11) is 0. The molecule has 0 spiro atoms. The number of amides is 2. The molecule has 1 aromatic carbocycles. The number of carbonyl (C=O) groups is 2. The molecule has 4 N–H and O–H groups in total. The fraction of sp³-hybridized carbons (Fsp3) is 0.385. The van der Waals surface area contributed by atoms with Crippen LogP contribution in [0.1, 0.15) is 29.3 Å². The van der Waals surface area contributed by atoms with Crippen LogP contribution in [0.2, 0.25) is 0 Å². The molecule has 1 aliphatic rings. The number of hydrogen-bond donors (Lipinski definition) is 3. The average Bonchev–Trinajstić information content (AvgIpc) is 2.67. The highest BCUT2D eigenvalue weighted by molar-refractivity contribution is 6.01. The van der Waals surface area contributed by atoms with Gasteiger partial charge in [-0.05, 0) is 37.1 Å².